The van der Waals surface area contributed by atoms with E-state index >= 15 is 0 Å². The molecule has 0 spiro atoms. The smallest absolute Gasteiger partial charge is 0.410 e. The summed E-state index contributed by atoms with van der Waals surface area (Å²) in [5.74, 6) is 0.818. The number of aromatic nitrogens is 1. The van der Waals surface area contributed by atoms with E-state index in [9.17, 15) is 10.1 Å². The largest absolute Gasteiger partial charge is 0.444 e. The van der Waals surface area contributed by atoms with Crippen LogP contribution in [0.5, 0.6) is 0 Å². The van der Waals surface area contributed by atoms with Gasteiger partial charge in [-0.2, -0.15) is 5.26 Å². The molecular weight excluding hydrogens is 380 g/mol. The highest BCUT2D eigenvalue weighted by atomic mass is 16.6. The first-order valence-corrected chi connectivity index (χ1v) is 10.8. The fourth-order valence-electron chi connectivity index (χ4n) is 3.95. The first kappa shape index (κ1) is 22.2. The van der Waals surface area contributed by atoms with E-state index in [-0.39, 0.29) is 12.1 Å². The van der Waals surface area contributed by atoms with Crippen molar-refractivity contribution in [3.63, 3.8) is 0 Å². The molecule has 0 radical (unpaired) electrons. The van der Waals surface area contributed by atoms with Gasteiger partial charge in [0.25, 0.3) is 0 Å². The summed E-state index contributed by atoms with van der Waals surface area (Å²) in [5, 5.41) is 9.54. The fourth-order valence-corrected chi connectivity index (χ4v) is 3.95. The normalized spacial score (nSPS) is 20.8. The van der Waals surface area contributed by atoms with E-state index in [4.69, 9.17) is 4.74 Å². The lowest BCUT2D eigenvalue weighted by Crippen LogP contribution is -2.55. The number of pyridine rings is 1. The predicted octanol–water partition coefficient (Wildman–Crippen LogP) is 2.54. The third-order valence-corrected chi connectivity index (χ3v) is 5.68. The molecule has 0 N–H and O–H groups in total. The summed E-state index contributed by atoms with van der Waals surface area (Å²) in [6, 6.07) is 6.33. The average molecular weight is 415 g/mol. The third kappa shape index (κ3) is 5.33. The van der Waals surface area contributed by atoms with Crippen LogP contribution in [-0.2, 0) is 4.74 Å². The predicted molar refractivity (Wildman–Crippen MR) is 118 cm³/mol. The highest BCUT2D eigenvalue weighted by Gasteiger charge is 2.32. The highest BCUT2D eigenvalue weighted by Crippen LogP contribution is 2.27. The standard InChI is InChI=1S/C22H34N6O2/c1-6-18-16-27(21(29)30-22(2,3)4)11-12-28(18)20-14-19(13-17(15-23)24-20)26-9-7-25(5)8-10-26/h13-14,18H,6-12,16H2,1-5H3/t18-/m0/s1. The van der Waals surface area contributed by atoms with Crippen molar-refractivity contribution in [2.75, 3.05) is 62.7 Å². The summed E-state index contributed by atoms with van der Waals surface area (Å²) >= 11 is 0. The Bertz CT molecular complexity index is 792. The second-order valence-electron chi connectivity index (χ2n) is 9.15. The monoisotopic (exact) mass is 414 g/mol. The molecule has 164 valence electrons. The second-order valence-corrected chi connectivity index (χ2v) is 9.15. The van der Waals surface area contributed by atoms with Crippen molar-refractivity contribution in [1.29, 1.82) is 5.26 Å². The summed E-state index contributed by atoms with van der Waals surface area (Å²) in [6.45, 7) is 13.5. The van der Waals surface area contributed by atoms with E-state index in [1.807, 2.05) is 26.8 Å². The molecule has 2 aliphatic rings. The highest BCUT2D eigenvalue weighted by molar-refractivity contribution is 5.69. The minimum atomic E-state index is -0.504. The van der Waals surface area contributed by atoms with Gasteiger partial charge >= 0.3 is 6.09 Å². The third-order valence-electron chi connectivity index (χ3n) is 5.68. The first-order chi connectivity index (χ1) is 14.2. The van der Waals surface area contributed by atoms with Crippen LogP contribution in [0.3, 0.4) is 0 Å². The van der Waals surface area contributed by atoms with Crippen LogP contribution >= 0.6 is 0 Å². The van der Waals surface area contributed by atoms with Gasteiger partial charge in [-0.05, 0) is 40.3 Å². The van der Waals surface area contributed by atoms with Crippen LogP contribution in [-0.4, -0.2) is 85.4 Å². The van der Waals surface area contributed by atoms with Gasteiger partial charge in [-0.15, -0.1) is 0 Å². The number of amides is 1. The van der Waals surface area contributed by atoms with E-state index in [2.05, 4.69) is 45.8 Å². The summed E-state index contributed by atoms with van der Waals surface area (Å²) in [7, 11) is 2.13. The van der Waals surface area contributed by atoms with Crippen molar-refractivity contribution in [3.8, 4) is 6.07 Å². The summed E-state index contributed by atoms with van der Waals surface area (Å²) in [4.78, 5) is 25.8. The average Bonchev–Trinajstić information content (AvgIpc) is 2.72. The Morgan fingerprint density at radius 2 is 1.90 bits per heavy atom. The molecule has 0 aromatic carbocycles. The fraction of sp³-hybridized carbons (Fsp3) is 0.682. The van der Waals surface area contributed by atoms with E-state index in [0.717, 1.165) is 44.1 Å². The summed E-state index contributed by atoms with van der Waals surface area (Å²) in [6.07, 6.45) is 0.610. The number of nitrogens with zero attached hydrogens (tertiary/aromatic N) is 6. The topological polar surface area (TPSA) is 75.9 Å². The Labute approximate surface area is 180 Å². The maximum Gasteiger partial charge on any atom is 0.410 e. The second kappa shape index (κ2) is 9.09. The Morgan fingerprint density at radius 3 is 2.50 bits per heavy atom. The van der Waals surface area contributed by atoms with Gasteiger partial charge in [-0.1, -0.05) is 6.92 Å². The van der Waals surface area contributed by atoms with Crippen molar-refractivity contribution in [2.45, 2.75) is 45.8 Å². The van der Waals surface area contributed by atoms with Crippen molar-refractivity contribution >= 4 is 17.6 Å². The zero-order chi connectivity index (χ0) is 21.9. The number of rotatable bonds is 3. The lowest BCUT2D eigenvalue weighted by atomic mass is 10.1. The van der Waals surface area contributed by atoms with Gasteiger partial charge in [0.2, 0.25) is 0 Å². The van der Waals surface area contributed by atoms with E-state index < -0.39 is 5.60 Å². The van der Waals surface area contributed by atoms with Gasteiger partial charge in [-0.25, -0.2) is 9.78 Å². The molecule has 1 aromatic heterocycles. The maximum absolute atomic E-state index is 12.5. The van der Waals surface area contributed by atoms with E-state index in [1.54, 1.807) is 4.90 Å². The number of carbonyl (C=O) groups excluding carboxylic acids is 1. The van der Waals surface area contributed by atoms with Gasteiger partial charge in [0, 0.05) is 63.6 Å². The Hall–Kier alpha value is -2.53. The van der Waals surface area contributed by atoms with Crippen LogP contribution in [0.2, 0.25) is 0 Å². The molecule has 2 saturated heterocycles. The molecule has 2 fully saturated rings. The van der Waals surface area contributed by atoms with Crippen LogP contribution in [0.1, 0.15) is 39.8 Å². The van der Waals surface area contributed by atoms with Crippen LogP contribution in [0, 0.1) is 11.3 Å². The van der Waals surface area contributed by atoms with Crippen LogP contribution < -0.4 is 9.80 Å². The number of likely N-dealkylation sites (N-methyl/N-ethyl adjacent to an activating group) is 1. The first-order valence-electron chi connectivity index (χ1n) is 10.8. The number of ether oxygens (including phenoxy) is 1. The lowest BCUT2D eigenvalue weighted by Gasteiger charge is -2.42. The van der Waals surface area contributed by atoms with Crippen molar-refractivity contribution < 1.29 is 9.53 Å². The zero-order valence-electron chi connectivity index (χ0n) is 18.9. The summed E-state index contributed by atoms with van der Waals surface area (Å²) in [5.41, 5.74) is 0.982. The van der Waals surface area contributed by atoms with Gasteiger partial charge in [-0.3, -0.25) is 0 Å². The van der Waals surface area contributed by atoms with Crippen LogP contribution in [0.15, 0.2) is 12.1 Å². The van der Waals surface area contributed by atoms with Gasteiger partial charge in [0.05, 0.1) is 0 Å². The molecule has 0 bridgehead atoms. The molecular formula is C22H34N6O2. The van der Waals surface area contributed by atoms with Crippen LogP contribution in [0.4, 0.5) is 16.3 Å². The Balaban J connectivity index is 1.78. The quantitative estimate of drug-likeness (QED) is 0.752. The Kier molecular flexibility index (Phi) is 6.71. The maximum atomic E-state index is 12.5. The Morgan fingerprint density at radius 1 is 1.20 bits per heavy atom. The lowest BCUT2D eigenvalue weighted by molar-refractivity contribution is 0.0213. The molecule has 1 amide bonds. The molecule has 1 aromatic rings. The number of carbonyl (C=O) groups is 1. The van der Waals surface area contributed by atoms with Gasteiger partial charge in [0.1, 0.15) is 23.2 Å². The number of hydrogen-bond donors (Lipinski definition) is 0. The van der Waals surface area contributed by atoms with E-state index in [1.165, 1.54) is 0 Å². The van der Waals surface area contributed by atoms with E-state index in [0.29, 0.717) is 25.3 Å². The molecule has 3 heterocycles. The molecule has 8 heteroatoms. The van der Waals surface area contributed by atoms with Crippen molar-refractivity contribution in [2.24, 2.45) is 0 Å². The summed E-state index contributed by atoms with van der Waals surface area (Å²) < 4.78 is 5.55. The molecule has 0 saturated carbocycles. The van der Waals surface area contributed by atoms with Gasteiger partial charge in [0.15, 0.2) is 0 Å². The molecule has 30 heavy (non-hydrogen) atoms. The molecule has 3 rings (SSSR count). The minimum Gasteiger partial charge on any atom is -0.444 e. The molecule has 8 nitrogen and oxygen atoms in total. The SMILES string of the molecule is CC[C@H]1CN(C(=O)OC(C)(C)C)CCN1c1cc(N2CCN(C)CC2)cc(C#N)n1. The van der Waals surface area contributed by atoms with Crippen LogP contribution in [0.25, 0.3) is 0 Å². The number of hydrogen-bond acceptors (Lipinski definition) is 7. The van der Waals surface area contributed by atoms with Crippen molar-refractivity contribution in [3.05, 3.63) is 17.8 Å². The molecule has 1 atom stereocenters. The van der Waals surface area contributed by atoms with Gasteiger partial charge < -0.3 is 24.3 Å². The number of anilines is 2. The zero-order valence-corrected chi connectivity index (χ0v) is 18.9. The molecule has 0 aliphatic carbocycles. The minimum absolute atomic E-state index is 0.132. The number of piperazine rings is 2. The molecule has 0 unspecified atom stereocenters. The molecule has 2 aliphatic heterocycles. The number of nitriles is 1. The van der Waals surface area contributed by atoms with Crippen molar-refractivity contribution in [1.82, 2.24) is 14.8 Å².